The molecule has 0 aromatic carbocycles. The largest absolute Gasteiger partial charge is 0.383 e. The number of hydrogen-bond acceptors (Lipinski definition) is 4. The van der Waals surface area contributed by atoms with Crippen molar-refractivity contribution < 1.29 is 13.9 Å². The minimum absolute atomic E-state index is 0.153. The average molecular weight is 255 g/mol. The van der Waals surface area contributed by atoms with Gasteiger partial charge in [-0.3, -0.25) is 4.79 Å². The number of aromatic nitrogens is 1. The third-order valence-corrected chi connectivity index (χ3v) is 2.24. The van der Waals surface area contributed by atoms with Crippen molar-refractivity contribution in [2.24, 2.45) is 0 Å². The van der Waals surface area contributed by atoms with Gasteiger partial charge in [0.2, 0.25) is 0 Å². The summed E-state index contributed by atoms with van der Waals surface area (Å²) < 4.78 is 18.1. The Balaban J connectivity index is 2.85. The van der Waals surface area contributed by atoms with Crippen LogP contribution >= 0.6 is 0 Å². The standard InChI is InChI=1S/C12H18FN3O2/c1-4-14-11-10(5-9(13)6-15-11)12(17)16-8(2)7-18-3/h5-6,8H,4,7H2,1-3H3,(H,14,15)(H,16,17). The van der Waals surface area contributed by atoms with Crippen LogP contribution < -0.4 is 10.6 Å². The van der Waals surface area contributed by atoms with E-state index in [0.29, 0.717) is 19.0 Å². The lowest BCUT2D eigenvalue weighted by Crippen LogP contribution is -2.36. The van der Waals surface area contributed by atoms with Crippen LogP contribution in [0.2, 0.25) is 0 Å². The molecular formula is C12H18FN3O2. The Morgan fingerprint density at radius 3 is 2.94 bits per heavy atom. The minimum Gasteiger partial charge on any atom is -0.383 e. The Hall–Kier alpha value is -1.69. The average Bonchev–Trinajstić information content (AvgIpc) is 2.32. The summed E-state index contributed by atoms with van der Waals surface area (Å²) in [5.74, 6) is -0.537. The van der Waals surface area contributed by atoms with E-state index in [9.17, 15) is 9.18 Å². The maximum Gasteiger partial charge on any atom is 0.255 e. The molecule has 0 saturated carbocycles. The number of ether oxygens (including phenoxy) is 1. The van der Waals surface area contributed by atoms with E-state index in [1.165, 1.54) is 6.07 Å². The fourth-order valence-electron chi connectivity index (χ4n) is 1.51. The van der Waals surface area contributed by atoms with Gasteiger partial charge in [-0.1, -0.05) is 0 Å². The molecular weight excluding hydrogens is 237 g/mol. The first-order valence-corrected chi connectivity index (χ1v) is 5.77. The van der Waals surface area contributed by atoms with E-state index in [0.717, 1.165) is 6.20 Å². The molecule has 0 radical (unpaired) electrons. The molecule has 1 rings (SSSR count). The number of amides is 1. The fraction of sp³-hybridized carbons (Fsp3) is 0.500. The highest BCUT2D eigenvalue weighted by molar-refractivity contribution is 5.98. The van der Waals surface area contributed by atoms with E-state index in [1.807, 2.05) is 6.92 Å². The van der Waals surface area contributed by atoms with Crippen LogP contribution in [0.5, 0.6) is 0 Å². The zero-order valence-corrected chi connectivity index (χ0v) is 10.8. The van der Waals surface area contributed by atoms with Crippen LogP contribution in [0.1, 0.15) is 24.2 Å². The number of carbonyl (C=O) groups is 1. The van der Waals surface area contributed by atoms with Gasteiger partial charge in [-0.2, -0.15) is 0 Å². The van der Waals surface area contributed by atoms with Crippen molar-refractivity contribution in [3.63, 3.8) is 0 Å². The Morgan fingerprint density at radius 1 is 1.61 bits per heavy atom. The van der Waals surface area contributed by atoms with Crippen molar-refractivity contribution in [1.29, 1.82) is 0 Å². The first kappa shape index (κ1) is 14.4. The molecule has 1 amide bonds. The summed E-state index contributed by atoms with van der Waals surface area (Å²) in [6.07, 6.45) is 1.08. The lowest BCUT2D eigenvalue weighted by molar-refractivity contribution is 0.0905. The highest BCUT2D eigenvalue weighted by Gasteiger charge is 2.15. The number of methoxy groups -OCH3 is 1. The fourth-order valence-corrected chi connectivity index (χ4v) is 1.51. The van der Waals surface area contributed by atoms with Gasteiger partial charge in [-0.05, 0) is 19.9 Å². The Bertz CT molecular complexity index is 412. The molecule has 100 valence electrons. The molecule has 1 aromatic heterocycles. The lowest BCUT2D eigenvalue weighted by atomic mass is 10.2. The molecule has 1 atom stereocenters. The van der Waals surface area contributed by atoms with Gasteiger partial charge >= 0.3 is 0 Å². The molecule has 1 unspecified atom stereocenters. The summed E-state index contributed by atoms with van der Waals surface area (Å²) in [5, 5.41) is 5.63. The molecule has 0 saturated heterocycles. The van der Waals surface area contributed by atoms with Crippen LogP contribution in [0.4, 0.5) is 10.2 Å². The Kier molecular flexibility index (Phi) is 5.51. The Morgan fingerprint density at radius 2 is 2.33 bits per heavy atom. The number of anilines is 1. The molecule has 1 heterocycles. The molecule has 0 aliphatic carbocycles. The number of nitrogens with zero attached hydrogens (tertiary/aromatic N) is 1. The third-order valence-electron chi connectivity index (χ3n) is 2.24. The number of carbonyl (C=O) groups excluding carboxylic acids is 1. The smallest absolute Gasteiger partial charge is 0.255 e. The number of halogens is 1. The van der Waals surface area contributed by atoms with E-state index in [-0.39, 0.29) is 17.5 Å². The molecule has 0 aliphatic rings. The molecule has 0 bridgehead atoms. The highest BCUT2D eigenvalue weighted by Crippen LogP contribution is 2.13. The molecule has 1 aromatic rings. The van der Waals surface area contributed by atoms with Gasteiger partial charge in [0.05, 0.1) is 18.4 Å². The normalized spacial score (nSPS) is 12.0. The third kappa shape index (κ3) is 3.96. The van der Waals surface area contributed by atoms with Gasteiger partial charge in [0.1, 0.15) is 11.6 Å². The first-order chi connectivity index (χ1) is 8.58. The number of nitrogens with one attached hydrogen (secondary N) is 2. The van der Waals surface area contributed by atoms with Gasteiger partial charge in [0, 0.05) is 19.7 Å². The van der Waals surface area contributed by atoms with Crippen molar-refractivity contribution >= 4 is 11.7 Å². The summed E-state index contributed by atoms with van der Waals surface area (Å²) in [6.45, 7) is 4.68. The topological polar surface area (TPSA) is 63.2 Å². The molecule has 6 heteroatoms. The summed E-state index contributed by atoms with van der Waals surface area (Å²) in [6, 6.07) is 1.01. The number of hydrogen-bond donors (Lipinski definition) is 2. The highest BCUT2D eigenvalue weighted by atomic mass is 19.1. The lowest BCUT2D eigenvalue weighted by Gasteiger charge is -2.14. The van der Waals surface area contributed by atoms with Crippen molar-refractivity contribution in [2.75, 3.05) is 25.6 Å². The summed E-state index contributed by atoms with van der Waals surface area (Å²) >= 11 is 0. The molecule has 0 fully saturated rings. The monoisotopic (exact) mass is 255 g/mol. The summed E-state index contributed by atoms with van der Waals surface area (Å²) in [7, 11) is 1.55. The number of rotatable bonds is 6. The molecule has 0 spiro atoms. The number of pyridine rings is 1. The molecule has 2 N–H and O–H groups in total. The predicted molar refractivity (Wildman–Crippen MR) is 67.2 cm³/mol. The molecule has 0 aliphatic heterocycles. The van der Waals surface area contributed by atoms with Crippen LogP contribution in [0.25, 0.3) is 0 Å². The predicted octanol–water partition coefficient (Wildman–Crippen LogP) is 1.42. The van der Waals surface area contributed by atoms with E-state index in [2.05, 4.69) is 15.6 Å². The van der Waals surface area contributed by atoms with Crippen molar-refractivity contribution in [2.45, 2.75) is 19.9 Å². The van der Waals surface area contributed by atoms with Gasteiger partial charge in [0.15, 0.2) is 0 Å². The zero-order chi connectivity index (χ0) is 13.5. The minimum atomic E-state index is -0.541. The van der Waals surface area contributed by atoms with Gasteiger partial charge in [-0.25, -0.2) is 9.37 Å². The van der Waals surface area contributed by atoms with Crippen molar-refractivity contribution in [3.8, 4) is 0 Å². The van der Waals surface area contributed by atoms with Gasteiger partial charge < -0.3 is 15.4 Å². The summed E-state index contributed by atoms with van der Waals surface area (Å²) in [5.41, 5.74) is 0.194. The summed E-state index contributed by atoms with van der Waals surface area (Å²) in [4.78, 5) is 15.8. The van der Waals surface area contributed by atoms with Crippen molar-refractivity contribution in [3.05, 3.63) is 23.6 Å². The SMILES string of the molecule is CCNc1ncc(F)cc1C(=O)NC(C)COC. The van der Waals surface area contributed by atoms with E-state index in [1.54, 1.807) is 14.0 Å². The van der Waals surface area contributed by atoms with Crippen LogP contribution in [-0.4, -0.2) is 37.2 Å². The quantitative estimate of drug-likeness (QED) is 0.807. The Labute approximate surface area is 106 Å². The van der Waals surface area contributed by atoms with Gasteiger partial charge in [0.25, 0.3) is 5.91 Å². The molecule has 5 nitrogen and oxygen atoms in total. The first-order valence-electron chi connectivity index (χ1n) is 5.77. The van der Waals surface area contributed by atoms with Gasteiger partial charge in [-0.15, -0.1) is 0 Å². The molecule has 18 heavy (non-hydrogen) atoms. The van der Waals surface area contributed by atoms with E-state index < -0.39 is 5.82 Å². The maximum atomic E-state index is 13.1. The van der Waals surface area contributed by atoms with Crippen LogP contribution in [0.3, 0.4) is 0 Å². The van der Waals surface area contributed by atoms with Crippen molar-refractivity contribution in [1.82, 2.24) is 10.3 Å². The second-order valence-corrected chi connectivity index (χ2v) is 3.91. The second kappa shape index (κ2) is 6.90. The van der Waals surface area contributed by atoms with Crippen LogP contribution in [-0.2, 0) is 4.74 Å². The maximum absolute atomic E-state index is 13.1. The van der Waals surface area contributed by atoms with E-state index >= 15 is 0 Å². The van der Waals surface area contributed by atoms with E-state index in [4.69, 9.17) is 4.74 Å². The van der Waals surface area contributed by atoms with Crippen LogP contribution in [0.15, 0.2) is 12.3 Å². The zero-order valence-electron chi connectivity index (χ0n) is 10.8. The van der Waals surface area contributed by atoms with Crippen LogP contribution in [0, 0.1) is 5.82 Å². The second-order valence-electron chi connectivity index (χ2n) is 3.91.